The number of carboxylic acids is 1. The molecule has 0 heterocycles. The molecule has 1 rings (SSSR count). The Bertz CT molecular complexity index is 529. The molecule has 2 N–H and O–H groups in total. The quantitative estimate of drug-likeness (QED) is 0.392. The number of para-hydroxylation sites is 1. The lowest BCUT2D eigenvalue weighted by molar-refractivity contribution is -0.137. The molecule has 6 nitrogen and oxygen atoms in total. The standard InChI is InChI=1S/C17H24N2O4/c1-3-5-9-13(12-15(20)21)16(17(22)23-4-2)19-18-14-10-7-6-8-11-14/h6-8,10-11,13,18H,3-5,9,12H2,1-2H3,(H,20,21)/b19-16-/t13-/m0/s1. The van der Waals surface area contributed by atoms with Gasteiger partial charge in [-0.15, -0.1) is 0 Å². The first kappa shape index (κ1) is 18.7. The summed E-state index contributed by atoms with van der Waals surface area (Å²) in [6, 6.07) is 9.17. The molecule has 126 valence electrons. The van der Waals surface area contributed by atoms with Crippen molar-refractivity contribution in [3.63, 3.8) is 0 Å². The third-order valence-electron chi connectivity index (χ3n) is 3.28. The van der Waals surface area contributed by atoms with Crippen LogP contribution in [0.2, 0.25) is 0 Å². The normalized spacial score (nSPS) is 12.5. The van der Waals surface area contributed by atoms with E-state index in [1.807, 2.05) is 37.3 Å². The highest BCUT2D eigenvalue weighted by Crippen LogP contribution is 2.17. The lowest BCUT2D eigenvalue weighted by Crippen LogP contribution is -2.29. The molecule has 0 bridgehead atoms. The van der Waals surface area contributed by atoms with E-state index < -0.39 is 17.9 Å². The maximum Gasteiger partial charge on any atom is 0.354 e. The Labute approximate surface area is 136 Å². The number of anilines is 1. The van der Waals surface area contributed by atoms with Crippen LogP contribution < -0.4 is 5.43 Å². The Morgan fingerprint density at radius 2 is 1.96 bits per heavy atom. The van der Waals surface area contributed by atoms with Gasteiger partial charge in [0.15, 0.2) is 0 Å². The lowest BCUT2D eigenvalue weighted by Gasteiger charge is -2.16. The fraction of sp³-hybridized carbons (Fsp3) is 0.471. The van der Waals surface area contributed by atoms with Gasteiger partial charge in [0.05, 0.1) is 18.7 Å². The number of unbranched alkanes of at least 4 members (excludes halogenated alkanes) is 1. The van der Waals surface area contributed by atoms with Gasteiger partial charge in [-0.25, -0.2) is 4.79 Å². The van der Waals surface area contributed by atoms with Crippen LogP contribution in [0.5, 0.6) is 0 Å². The summed E-state index contributed by atoms with van der Waals surface area (Å²) in [6.45, 7) is 3.94. The predicted molar refractivity (Wildman–Crippen MR) is 89.4 cm³/mol. The van der Waals surface area contributed by atoms with Crippen LogP contribution in [0.4, 0.5) is 5.69 Å². The van der Waals surface area contributed by atoms with Gasteiger partial charge in [-0.2, -0.15) is 5.10 Å². The number of esters is 1. The number of rotatable bonds is 10. The van der Waals surface area contributed by atoms with E-state index in [-0.39, 0.29) is 18.7 Å². The molecule has 0 radical (unpaired) electrons. The van der Waals surface area contributed by atoms with Crippen molar-refractivity contribution in [2.45, 2.75) is 39.5 Å². The van der Waals surface area contributed by atoms with Gasteiger partial charge in [0.2, 0.25) is 0 Å². The van der Waals surface area contributed by atoms with Crippen molar-refractivity contribution >= 4 is 23.3 Å². The van der Waals surface area contributed by atoms with Gasteiger partial charge in [0.1, 0.15) is 5.71 Å². The summed E-state index contributed by atoms with van der Waals surface area (Å²) < 4.78 is 5.03. The van der Waals surface area contributed by atoms with E-state index >= 15 is 0 Å². The number of benzene rings is 1. The van der Waals surface area contributed by atoms with Crippen molar-refractivity contribution in [3.8, 4) is 0 Å². The van der Waals surface area contributed by atoms with Gasteiger partial charge in [-0.3, -0.25) is 10.2 Å². The Morgan fingerprint density at radius 3 is 2.52 bits per heavy atom. The van der Waals surface area contributed by atoms with Crippen molar-refractivity contribution in [2.75, 3.05) is 12.0 Å². The summed E-state index contributed by atoms with van der Waals surface area (Å²) in [5, 5.41) is 13.2. The molecule has 0 saturated heterocycles. The molecular formula is C17H24N2O4. The van der Waals surface area contributed by atoms with Gasteiger partial charge in [0, 0.05) is 5.92 Å². The van der Waals surface area contributed by atoms with E-state index in [1.165, 1.54) is 0 Å². The average Bonchev–Trinajstić information content (AvgIpc) is 2.53. The summed E-state index contributed by atoms with van der Waals surface area (Å²) in [5.41, 5.74) is 3.66. The van der Waals surface area contributed by atoms with Crippen molar-refractivity contribution in [1.82, 2.24) is 0 Å². The van der Waals surface area contributed by atoms with E-state index in [9.17, 15) is 9.59 Å². The van der Waals surface area contributed by atoms with Crippen molar-refractivity contribution in [1.29, 1.82) is 0 Å². The molecule has 0 aliphatic carbocycles. The van der Waals surface area contributed by atoms with E-state index in [4.69, 9.17) is 9.84 Å². The number of ether oxygens (including phenoxy) is 1. The second-order valence-electron chi connectivity index (χ2n) is 5.13. The zero-order valence-corrected chi connectivity index (χ0v) is 13.6. The molecule has 1 aromatic rings. The topological polar surface area (TPSA) is 88.0 Å². The first-order chi connectivity index (χ1) is 11.1. The summed E-state index contributed by atoms with van der Waals surface area (Å²) in [6.07, 6.45) is 2.17. The first-order valence-electron chi connectivity index (χ1n) is 7.86. The molecule has 0 spiro atoms. The van der Waals surface area contributed by atoms with E-state index in [2.05, 4.69) is 10.5 Å². The third kappa shape index (κ3) is 6.95. The lowest BCUT2D eigenvalue weighted by atomic mass is 9.93. The predicted octanol–water partition coefficient (Wildman–Crippen LogP) is 3.30. The van der Waals surface area contributed by atoms with Crippen LogP contribution in [0.15, 0.2) is 35.4 Å². The zero-order valence-electron chi connectivity index (χ0n) is 13.6. The number of nitrogens with one attached hydrogen (secondary N) is 1. The van der Waals surface area contributed by atoms with E-state index in [1.54, 1.807) is 6.92 Å². The number of nitrogens with zero attached hydrogens (tertiary/aromatic N) is 1. The number of hydrogen-bond acceptors (Lipinski definition) is 5. The highest BCUT2D eigenvalue weighted by molar-refractivity contribution is 6.37. The molecule has 0 aromatic heterocycles. The Hall–Kier alpha value is -2.37. The van der Waals surface area contributed by atoms with Crippen LogP contribution in [0, 0.1) is 5.92 Å². The van der Waals surface area contributed by atoms with Crippen LogP contribution in [-0.2, 0) is 14.3 Å². The molecule has 1 aromatic carbocycles. The van der Waals surface area contributed by atoms with Crippen LogP contribution in [0.25, 0.3) is 0 Å². The minimum Gasteiger partial charge on any atom is -0.481 e. The molecule has 0 unspecified atom stereocenters. The number of carbonyl (C=O) groups is 2. The number of aliphatic carboxylic acids is 1. The fourth-order valence-electron chi connectivity index (χ4n) is 2.14. The van der Waals surface area contributed by atoms with Crippen molar-refractivity contribution < 1.29 is 19.4 Å². The maximum atomic E-state index is 12.2. The number of hydrazone groups is 1. The summed E-state index contributed by atoms with van der Waals surface area (Å²) in [7, 11) is 0. The molecular weight excluding hydrogens is 296 g/mol. The Balaban J connectivity index is 2.98. The van der Waals surface area contributed by atoms with Gasteiger partial charge in [-0.05, 0) is 25.5 Å². The minimum atomic E-state index is -0.956. The van der Waals surface area contributed by atoms with E-state index in [0.717, 1.165) is 18.5 Å². The van der Waals surface area contributed by atoms with Gasteiger partial charge in [0.25, 0.3) is 0 Å². The second kappa shape index (κ2) is 10.4. The highest BCUT2D eigenvalue weighted by Gasteiger charge is 2.26. The molecule has 6 heteroatoms. The summed E-state index contributed by atoms with van der Waals surface area (Å²) in [4.78, 5) is 23.3. The average molecular weight is 320 g/mol. The number of carboxylic acid groups (broad SMARTS) is 1. The summed E-state index contributed by atoms with van der Waals surface area (Å²) >= 11 is 0. The Kier molecular flexibility index (Phi) is 8.42. The largest absolute Gasteiger partial charge is 0.481 e. The molecule has 0 amide bonds. The zero-order chi connectivity index (χ0) is 17.1. The van der Waals surface area contributed by atoms with Crippen LogP contribution >= 0.6 is 0 Å². The smallest absolute Gasteiger partial charge is 0.354 e. The van der Waals surface area contributed by atoms with E-state index in [0.29, 0.717) is 6.42 Å². The third-order valence-corrected chi connectivity index (χ3v) is 3.28. The van der Waals surface area contributed by atoms with Gasteiger partial charge < -0.3 is 9.84 Å². The van der Waals surface area contributed by atoms with Crippen LogP contribution in [-0.4, -0.2) is 29.4 Å². The molecule has 0 fully saturated rings. The molecule has 0 aliphatic rings. The monoisotopic (exact) mass is 320 g/mol. The molecule has 1 atom stereocenters. The fourth-order valence-corrected chi connectivity index (χ4v) is 2.14. The maximum absolute atomic E-state index is 12.2. The number of hydrogen-bond donors (Lipinski definition) is 2. The summed E-state index contributed by atoms with van der Waals surface area (Å²) in [5.74, 6) is -2.00. The van der Waals surface area contributed by atoms with Gasteiger partial charge >= 0.3 is 11.9 Å². The molecule has 0 aliphatic heterocycles. The van der Waals surface area contributed by atoms with Gasteiger partial charge in [-0.1, -0.05) is 38.0 Å². The minimum absolute atomic E-state index is 0.131. The van der Waals surface area contributed by atoms with Crippen molar-refractivity contribution in [3.05, 3.63) is 30.3 Å². The first-order valence-corrected chi connectivity index (χ1v) is 7.86. The number of carbonyl (C=O) groups excluding carboxylic acids is 1. The van der Waals surface area contributed by atoms with Crippen LogP contribution in [0.3, 0.4) is 0 Å². The van der Waals surface area contributed by atoms with Crippen LogP contribution in [0.1, 0.15) is 39.5 Å². The Morgan fingerprint density at radius 1 is 1.26 bits per heavy atom. The second-order valence-corrected chi connectivity index (χ2v) is 5.13. The molecule has 0 saturated carbocycles. The SMILES string of the molecule is CCCC[C@@H](CC(=O)O)/C(=N/Nc1ccccc1)C(=O)OCC. The van der Waals surface area contributed by atoms with Crippen molar-refractivity contribution in [2.24, 2.45) is 11.0 Å². The highest BCUT2D eigenvalue weighted by atomic mass is 16.5. The molecule has 23 heavy (non-hydrogen) atoms.